The summed E-state index contributed by atoms with van der Waals surface area (Å²) in [6, 6.07) is 8.50. The molecule has 0 saturated carbocycles. The minimum atomic E-state index is -1.15. The fraction of sp³-hybridized carbons (Fsp3) is 0.524. The van der Waals surface area contributed by atoms with Crippen molar-refractivity contribution >= 4 is 34.5 Å². The van der Waals surface area contributed by atoms with Crippen molar-refractivity contribution in [2.45, 2.75) is 45.3 Å². The molecule has 146 valence electrons. The number of imide groups is 1. The van der Waals surface area contributed by atoms with Crippen LogP contribution >= 0.6 is 11.8 Å². The molecule has 1 aliphatic heterocycles. The zero-order chi connectivity index (χ0) is 20.4. The van der Waals surface area contributed by atoms with Gasteiger partial charge in [0.15, 0.2) is 5.78 Å². The number of hydrogen-bond donors (Lipinski definition) is 0. The molecule has 0 N–H and O–H groups in total. The standard InChI is InChI=1S/C21H27NO4S/c1-13(2)12-21(3,4)27-20(26)17(15-11-16(23)22(5)19(15)25)18(24)14-9-7-6-8-10-14/h6-10,13,15,17H,11-12H2,1-5H3/t15-,17?/m1/s1. The number of carbonyl (C=O) groups excluding carboxylic acids is 4. The van der Waals surface area contributed by atoms with Gasteiger partial charge in [0.1, 0.15) is 5.92 Å². The molecule has 1 unspecified atom stereocenters. The minimum Gasteiger partial charge on any atom is -0.293 e. The first kappa shape index (κ1) is 21.4. The fourth-order valence-electron chi connectivity index (χ4n) is 3.64. The number of nitrogens with zero attached hydrogens (tertiary/aromatic N) is 1. The van der Waals surface area contributed by atoms with E-state index in [1.54, 1.807) is 30.3 Å². The molecule has 27 heavy (non-hydrogen) atoms. The smallest absolute Gasteiger partial charge is 0.233 e. The molecule has 1 fully saturated rings. The second kappa shape index (κ2) is 8.38. The van der Waals surface area contributed by atoms with E-state index in [-0.39, 0.29) is 22.2 Å². The van der Waals surface area contributed by atoms with Crippen LogP contribution in [-0.2, 0) is 14.4 Å². The van der Waals surface area contributed by atoms with E-state index < -0.39 is 23.5 Å². The summed E-state index contributed by atoms with van der Waals surface area (Å²) in [4.78, 5) is 51.8. The van der Waals surface area contributed by atoms with E-state index in [4.69, 9.17) is 0 Å². The summed E-state index contributed by atoms with van der Waals surface area (Å²) in [5.41, 5.74) is 0.382. The number of hydrogen-bond acceptors (Lipinski definition) is 5. The molecule has 0 spiro atoms. The van der Waals surface area contributed by atoms with Crippen molar-refractivity contribution < 1.29 is 19.2 Å². The maximum absolute atomic E-state index is 13.2. The lowest BCUT2D eigenvalue weighted by molar-refractivity contribution is -0.138. The number of ketones is 1. The molecule has 2 rings (SSSR count). The molecule has 1 aromatic carbocycles. The molecule has 5 nitrogen and oxygen atoms in total. The van der Waals surface area contributed by atoms with Gasteiger partial charge in [-0.25, -0.2) is 0 Å². The van der Waals surface area contributed by atoms with Crippen molar-refractivity contribution in [1.29, 1.82) is 0 Å². The zero-order valence-electron chi connectivity index (χ0n) is 16.5. The molecule has 1 saturated heterocycles. The van der Waals surface area contributed by atoms with E-state index in [9.17, 15) is 19.2 Å². The van der Waals surface area contributed by atoms with Gasteiger partial charge < -0.3 is 0 Å². The van der Waals surface area contributed by atoms with Crippen LogP contribution in [0.25, 0.3) is 0 Å². The average molecular weight is 390 g/mol. The Bertz CT molecular complexity index is 742. The van der Waals surface area contributed by atoms with Gasteiger partial charge in [0.25, 0.3) is 0 Å². The van der Waals surface area contributed by atoms with Crippen LogP contribution in [0.2, 0.25) is 0 Å². The van der Waals surface area contributed by atoms with Crippen molar-refractivity contribution in [2.75, 3.05) is 7.05 Å². The zero-order valence-corrected chi connectivity index (χ0v) is 17.3. The number of rotatable bonds is 7. The SMILES string of the molecule is CC(C)CC(C)(C)SC(=O)C(C(=O)c1ccccc1)[C@H]1CC(=O)N(C)C1=O. The largest absolute Gasteiger partial charge is 0.293 e. The topological polar surface area (TPSA) is 71.5 Å². The predicted molar refractivity (Wildman–Crippen MR) is 106 cm³/mol. The Labute approximate surface area is 164 Å². The second-order valence-corrected chi connectivity index (χ2v) is 9.80. The van der Waals surface area contributed by atoms with Crippen LogP contribution in [-0.4, -0.2) is 39.4 Å². The van der Waals surface area contributed by atoms with E-state index in [0.29, 0.717) is 11.5 Å². The number of carbonyl (C=O) groups is 4. The number of thioether (sulfide) groups is 1. The molecular formula is C21H27NO4S. The molecule has 1 aromatic rings. The lowest BCUT2D eigenvalue weighted by atomic mass is 9.85. The van der Waals surface area contributed by atoms with Crippen LogP contribution in [0.4, 0.5) is 0 Å². The van der Waals surface area contributed by atoms with Gasteiger partial charge in [0, 0.05) is 23.8 Å². The van der Waals surface area contributed by atoms with Gasteiger partial charge in [-0.05, 0) is 12.3 Å². The van der Waals surface area contributed by atoms with Gasteiger partial charge in [0.2, 0.25) is 16.9 Å². The van der Waals surface area contributed by atoms with Gasteiger partial charge >= 0.3 is 0 Å². The lowest BCUT2D eigenvalue weighted by Crippen LogP contribution is -2.37. The maximum Gasteiger partial charge on any atom is 0.233 e. The summed E-state index contributed by atoms with van der Waals surface area (Å²) in [5, 5.41) is -0.337. The molecule has 0 aliphatic carbocycles. The monoisotopic (exact) mass is 389 g/mol. The Balaban J connectivity index is 2.35. The van der Waals surface area contributed by atoms with Crippen molar-refractivity contribution in [1.82, 2.24) is 4.90 Å². The molecule has 0 bridgehead atoms. The fourth-order valence-corrected chi connectivity index (χ4v) is 5.00. The first-order valence-electron chi connectivity index (χ1n) is 9.16. The molecule has 2 amide bonds. The number of amides is 2. The van der Waals surface area contributed by atoms with Crippen molar-refractivity contribution in [3.05, 3.63) is 35.9 Å². The number of benzene rings is 1. The number of Topliss-reactive ketones (excluding diaryl/α,β-unsaturated/α-hetero) is 1. The second-order valence-electron chi connectivity index (χ2n) is 8.09. The van der Waals surface area contributed by atoms with Gasteiger partial charge in [-0.1, -0.05) is 69.8 Å². The minimum absolute atomic E-state index is 0.102. The Morgan fingerprint density at radius 1 is 1.19 bits per heavy atom. The van der Waals surface area contributed by atoms with E-state index in [1.807, 2.05) is 13.8 Å². The third kappa shape index (κ3) is 5.06. The summed E-state index contributed by atoms with van der Waals surface area (Å²) < 4.78 is -0.363. The molecule has 1 heterocycles. The van der Waals surface area contributed by atoms with Gasteiger partial charge in [0.05, 0.1) is 5.92 Å². The van der Waals surface area contributed by atoms with Crippen LogP contribution in [0.3, 0.4) is 0 Å². The molecule has 6 heteroatoms. The van der Waals surface area contributed by atoms with Gasteiger partial charge in [-0.2, -0.15) is 0 Å². The molecule has 0 aromatic heterocycles. The summed E-state index contributed by atoms with van der Waals surface area (Å²) in [7, 11) is 1.40. The van der Waals surface area contributed by atoms with E-state index in [1.165, 1.54) is 7.05 Å². The van der Waals surface area contributed by atoms with Crippen LogP contribution in [0, 0.1) is 17.8 Å². The van der Waals surface area contributed by atoms with E-state index in [2.05, 4.69) is 13.8 Å². The van der Waals surface area contributed by atoms with Crippen LogP contribution < -0.4 is 0 Å². The molecule has 1 aliphatic rings. The van der Waals surface area contributed by atoms with Gasteiger partial charge in [-0.15, -0.1) is 0 Å². The predicted octanol–water partition coefficient (Wildman–Crippen LogP) is 3.57. The third-order valence-electron chi connectivity index (χ3n) is 4.69. The summed E-state index contributed by atoms with van der Waals surface area (Å²) >= 11 is 1.11. The highest BCUT2D eigenvalue weighted by molar-refractivity contribution is 8.14. The van der Waals surface area contributed by atoms with Crippen LogP contribution in [0.1, 0.15) is 50.9 Å². The van der Waals surface area contributed by atoms with Gasteiger partial charge in [-0.3, -0.25) is 24.1 Å². The van der Waals surface area contributed by atoms with E-state index in [0.717, 1.165) is 23.1 Å². The third-order valence-corrected chi connectivity index (χ3v) is 5.86. The Kier molecular flexibility index (Phi) is 6.63. The Morgan fingerprint density at radius 2 is 1.78 bits per heavy atom. The lowest BCUT2D eigenvalue weighted by Gasteiger charge is -2.28. The average Bonchev–Trinajstić information content (AvgIpc) is 2.81. The van der Waals surface area contributed by atoms with Crippen LogP contribution in [0.5, 0.6) is 0 Å². The first-order chi connectivity index (χ1) is 12.5. The van der Waals surface area contributed by atoms with E-state index >= 15 is 0 Å². The quantitative estimate of drug-likeness (QED) is 0.405. The Morgan fingerprint density at radius 3 is 2.26 bits per heavy atom. The maximum atomic E-state index is 13.2. The molecule has 2 atom stereocenters. The van der Waals surface area contributed by atoms with Crippen molar-refractivity contribution in [3.63, 3.8) is 0 Å². The highest BCUT2D eigenvalue weighted by atomic mass is 32.2. The normalized spacial score (nSPS) is 18.9. The number of likely N-dealkylation sites (tertiary alicyclic amines) is 1. The molecular weight excluding hydrogens is 362 g/mol. The summed E-state index contributed by atoms with van der Waals surface area (Å²) in [6.45, 7) is 8.09. The van der Waals surface area contributed by atoms with Crippen molar-refractivity contribution in [2.24, 2.45) is 17.8 Å². The highest BCUT2D eigenvalue weighted by Gasteiger charge is 2.48. The summed E-state index contributed by atoms with van der Waals surface area (Å²) in [6.07, 6.45) is 0.697. The first-order valence-corrected chi connectivity index (χ1v) is 9.97. The molecule has 0 radical (unpaired) electrons. The van der Waals surface area contributed by atoms with Crippen molar-refractivity contribution in [3.8, 4) is 0 Å². The highest BCUT2D eigenvalue weighted by Crippen LogP contribution is 2.38. The summed E-state index contributed by atoms with van der Waals surface area (Å²) in [5.74, 6) is -2.88. The van der Waals surface area contributed by atoms with Crippen LogP contribution in [0.15, 0.2) is 30.3 Å². The Hall–Kier alpha value is -1.95.